The third-order valence-corrected chi connectivity index (χ3v) is 13.4. The Balaban J connectivity index is 1.12. The second kappa shape index (κ2) is 11.0. The molecule has 1 amide bonds. The van der Waals surface area contributed by atoms with E-state index in [-0.39, 0.29) is 52.3 Å². The zero-order chi connectivity index (χ0) is 35.9. The van der Waals surface area contributed by atoms with Crippen LogP contribution in [0.15, 0.2) is 23.0 Å². The fraction of sp³-hybridized carbons (Fsp3) is 0.556. The van der Waals surface area contributed by atoms with Gasteiger partial charge in [-0.05, 0) is 63.3 Å². The molecule has 2 N–H and O–H groups in total. The normalized spacial score (nSPS) is 29.4. The van der Waals surface area contributed by atoms with Crippen molar-refractivity contribution in [3.05, 3.63) is 40.2 Å². The zero-order valence-electron chi connectivity index (χ0n) is 28.1. The number of pyridine rings is 1. The Morgan fingerprint density at radius 2 is 1.87 bits per heavy atom. The van der Waals surface area contributed by atoms with Gasteiger partial charge in [-0.3, -0.25) is 14.5 Å². The number of hydrogen-bond donors (Lipinski definition) is 1. The number of carbonyl (C=O) groups excluding carboxylic acids is 1. The molecule has 4 aromatic rings. The van der Waals surface area contributed by atoms with Crippen molar-refractivity contribution in [3.63, 3.8) is 0 Å². The van der Waals surface area contributed by atoms with Crippen molar-refractivity contribution in [2.45, 2.75) is 80.6 Å². The highest BCUT2D eigenvalue weighted by Gasteiger charge is 2.65. The fourth-order valence-electron chi connectivity index (χ4n) is 9.43. The second-order valence-corrected chi connectivity index (χ2v) is 16.7. The highest BCUT2D eigenvalue weighted by molar-refractivity contribution is 7.22. The van der Waals surface area contributed by atoms with Crippen molar-refractivity contribution in [2.75, 3.05) is 50.0 Å². The van der Waals surface area contributed by atoms with Gasteiger partial charge in [0.1, 0.15) is 41.2 Å². The molecule has 2 saturated carbocycles. The minimum Gasteiger partial charge on any atom is -0.461 e. The van der Waals surface area contributed by atoms with E-state index in [1.165, 1.54) is 21.6 Å². The summed E-state index contributed by atoms with van der Waals surface area (Å²) in [6.07, 6.45) is 2.77. The van der Waals surface area contributed by atoms with Crippen molar-refractivity contribution in [1.82, 2.24) is 24.3 Å². The Labute approximate surface area is 298 Å². The van der Waals surface area contributed by atoms with E-state index in [2.05, 4.69) is 9.88 Å². The molecule has 6 aliphatic rings. The monoisotopic (exact) mass is 741 g/mol. The molecule has 2 aliphatic carbocycles. The molecule has 16 heteroatoms. The summed E-state index contributed by atoms with van der Waals surface area (Å²) in [5, 5.41) is 0.653. The number of amides is 1. The highest BCUT2D eigenvalue weighted by atomic mass is 32.1. The maximum atomic E-state index is 17.4. The predicted octanol–water partition coefficient (Wildman–Crippen LogP) is 5.66. The smallest absolute Gasteiger partial charge is 0.319 e. The number of nitrogens with two attached hydrogens (primary N) is 1. The number of benzene rings is 1. The Hall–Kier alpha value is -4.05. The van der Waals surface area contributed by atoms with Gasteiger partial charge in [-0.15, -0.1) is 11.3 Å². The SMILES string of the molecule is Nc1cc2c(-c3c(F)c4nc(OC[C@@]56CCCN5C[C@H](F)C6)nc(N5CCC6(CCN6C(=O)C6CC6(F)F)C5)c4c(=O)n3C3CC3)ccc(F)c2s1. The van der Waals surface area contributed by atoms with E-state index < -0.39 is 58.6 Å². The number of likely N-dealkylation sites (tertiary alicyclic amines) is 1. The van der Waals surface area contributed by atoms with Gasteiger partial charge in [0.25, 0.3) is 11.5 Å². The standard InChI is InChI=1S/C36H36F5N7O3S/c37-18-13-35(6-1-9-46(35)15-18)17-51-33-43-27-25(30(44-33)45-10-7-34(16-45)8-11-47(34)31(49)22-14-36(22,40)41)32(50)48(19-2-3-19)28(26(27)39)20-4-5-23(38)29-21(20)12-24(42)52-29/h4-5,12,18-19,22H,1-3,6-11,13-17,42H2/t18-,22?,34?,35+/m1/s1. The van der Waals surface area contributed by atoms with Gasteiger partial charge in [0.15, 0.2) is 5.82 Å². The van der Waals surface area contributed by atoms with Crippen molar-refractivity contribution in [3.8, 4) is 17.3 Å². The number of ether oxygens (including phenoxy) is 1. The van der Waals surface area contributed by atoms with Crippen LogP contribution in [-0.4, -0.2) is 92.7 Å². The molecule has 52 heavy (non-hydrogen) atoms. The lowest BCUT2D eigenvalue weighted by Crippen LogP contribution is -2.64. The first kappa shape index (κ1) is 32.6. The molecule has 0 bridgehead atoms. The van der Waals surface area contributed by atoms with Crippen molar-refractivity contribution >= 4 is 49.1 Å². The number of halogens is 5. The second-order valence-electron chi connectivity index (χ2n) is 15.6. The highest BCUT2D eigenvalue weighted by Crippen LogP contribution is 2.53. The number of nitrogens with zero attached hydrogens (tertiary/aromatic N) is 6. The van der Waals surface area contributed by atoms with Crippen LogP contribution in [-0.2, 0) is 4.79 Å². The summed E-state index contributed by atoms with van der Waals surface area (Å²) in [5.41, 5.74) is 4.28. The van der Waals surface area contributed by atoms with Crippen LogP contribution in [0.3, 0.4) is 0 Å². The zero-order valence-corrected chi connectivity index (χ0v) is 29.0. The van der Waals surface area contributed by atoms with E-state index in [0.717, 1.165) is 30.7 Å². The van der Waals surface area contributed by atoms with Crippen LogP contribution in [0.4, 0.5) is 32.8 Å². The summed E-state index contributed by atoms with van der Waals surface area (Å²) in [7, 11) is 0. The molecular weight excluding hydrogens is 705 g/mol. The summed E-state index contributed by atoms with van der Waals surface area (Å²) in [5.74, 6) is -6.06. The summed E-state index contributed by atoms with van der Waals surface area (Å²) in [6, 6.07) is 3.77. The number of alkyl halides is 3. The molecule has 10 nitrogen and oxygen atoms in total. The van der Waals surface area contributed by atoms with Crippen LogP contribution in [0.1, 0.15) is 57.4 Å². The van der Waals surface area contributed by atoms with Gasteiger partial charge in [-0.1, -0.05) is 0 Å². The van der Waals surface area contributed by atoms with Crippen LogP contribution in [0.25, 0.3) is 32.2 Å². The van der Waals surface area contributed by atoms with Gasteiger partial charge in [0.05, 0.1) is 26.5 Å². The molecule has 6 fully saturated rings. The number of rotatable bonds is 7. The lowest BCUT2D eigenvalue weighted by atomic mass is 9.83. The van der Waals surface area contributed by atoms with Crippen LogP contribution in [0.2, 0.25) is 0 Å². The van der Waals surface area contributed by atoms with E-state index in [9.17, 15) is 27.2 Å². The number of anilines is 2. The third kappa shape index (κ3) is 4.74. The molecule has 7 heterocycles. The Kier molecular flexibility index (Phi) is 6.89. The largest absolute Gasteiger partial charge is 0.461 e. The number of thiophene rings is 1. The van der Waals surface area contributed by atoms with Crippen LogP contribution >= 0.6 is 11.3 Å². The van der Waals surface area contributed by atoms with Crippen LogP contribution in [0, 0.1) is 17.6 Å². The maximum Gasteiger partial charge on any atom is 0.319 e. The lowest BCUT2D eigenvalue weighted by Gasteiger charge is -2.50. The topological polar surface area (TPSA) is 110 Å². The molecule has 4 saturated heterocycles. The maximum absolute atomic E-state index is 17.4. The first-order valence-corrected chi connectivity index (χ1v) is 18.8. The van der Waals surface area contributed by atoms with E-state index in [1.54, 1.807) is 6.07 Å². The Bertz CT molecular complexity index is 2260. The number of hydrogen-bond acceptors (Lipinski definition) is 9. The molecule has 0 radical (unpaired) electrons. The fourth-order valence-corrected chi connectivity index (χ4v) is 10.3. The molecule has 1 spiro atoms. The van der Waals surface area contributed by atoms with Gasteiger partial charge in [-0.25, -0.2) is 22.0 Å². The Morgan fingerprint density at radius 3 is 2.60 bits per heavy atom. The minimum atomic E-state index is -2.99. The van der Waals surface area contributed by atoms with Crippen molar-refractivity contribution in [2.24, 2.45) is 5.92 Å². The average molecular weight is 742 g/mol. The van der Waals surface area contributed by atoms with E-state index in [0.29, 0.717) is 67.7 Å². The van der Waals surface area contributed by atoms with Crippen LogP contribution < -0.4 is 20.9 Å². The number of aromatic nitrogens is 3. The van der Waals surface area contributed by atoms with E-state index in [1.807, 2.05) is 4.90 Å². The molecule has 10 rings (SSSR count). The number of fused-ring (bicyclic) bond motifs is 3. The molecule has 4 aliphatic heterocycles. The van der Waals surface area contributed by atoms with E-state index >= 15 is 4.39 Å². The molecule has 3 aromatic heterocycles. The van der Waals surface area contributed by atoms with Gasteiger partial charge in [-0.2, -0.15) is 9.97 Å². The van der Waals surface area contributed by atoms with Gasteiger partial charge in [0, 0.05) is 56.0 Å². The average Bonchev–Trinajstić information content (AvgIpc) is 3.76. The van der Waals surface area contributed by atoms with Crippen molar-refractivity contribution in [1.29, 1.82) is 0 Å². The van der Waals surface area contributed by atoms with Crippen LogP contribution in [0.5, 0.6) is 6.01 Å². The first-order valence-electron chi connectivity index (χ1n) is 18.0. The molecule has 4 atom stereocenters. The number of nitrogen functional groups attached to an aromatic ring is 1. The summed E-state index contributed by atoms with van der Waals surface area (Å²) in [4.78, 5) is 42.6. The van der Waals surface area contributed by atoms with Gasteiger partial charge < -0.3 is 24.8 Å². The van der Waals surface area contributed by atoms with Gasteiger partial charge >= 0.3 is 6.01 Å². The summed E-state index contributed by atoms with van der Waals surface area (Å²) >= 11 is 1.03. The third-order valence-electron chi connectivity index (χ3n) is 12.4. The first-order chi connectivity index (χ1) is 24.9. The summed E-state index contributed by atoms with van der Waals surface area (Å²) in [6.45, 7) is 2.02. The Morgan fingerprint density at radius 1 is 1.08 bits per heavy atom. The number of carbonyl (C=O) groups is 1. The molecule has 2 unspecified atom stereocenters. The molecular formula is C36H36F5N7O3S. The summed E-state index contributed by atoms with van der Waals surface area (Å²) < 4.78 is 82.7. The quantitative estimate of drug-likeness (QED) is 0.242. The molecule has 1 aromatic carbocycles. The van der Waals surface area contributed by atoms with Crippen molar-refractivity contribution < 1.29 is 31.5 Å². The lowest BCUT2D eigenvalue weighted by molar-refractivity contribution is -0.149. The predicted molar refractivity (Wildman–Crippen MR) is 185 cm³/mol. The van der Waals surface area contributed by atoms with Gasteiger partial charge in [0.2, 0.25) is 5.91 Å². The minimum absolute atomic E-state index is 0.0333. The van der Waals surface area contributed by atoms with E-state index in [4.69, 9.17) is 15.5 Å². The molecule has 274 valence electrons.